The van der Waals surface area contributed by atoms with Crippen LogP contribution in [0.2, 0.25) is 0 Å². The number of thioether (sulfide) groups is 1. The van der Waals surface area contributed by atoms with Gasteiger partial charge in [-0.3, -0.25) is 4.79 Å². The lowest BCUT2D eigenvalue weighted by atomic mass is 10.1. The fraction of sp³-hybridized carbons (Fsp3) is 0.889. The van der Waals surface area contributed by atoms with Crippen molar-refractivity contribution in [1.82, 2.24) is 5.32 Å². The van der Waals surface area contributed by atoms with E-state index in [4.69, 9.17) is 11.6 Å². The van der Waals surface area contributed by atoms with E-state index in [-0.39, 0.29) is 17.2 Å². The summed E-state index contributed by atoms with van der Waals surface area (Å²) in [5.41, 5.74) is 0. The van der Waals surface area contributed by atoms with Gasteiger partial charge in [0.2, 0.25) is 5.91 Å². The smallest absolute Gasteiger partial charge is 0.223 e. The molecule has 0 aliphatic carbocycles. The van der Waals surface area contributed by atoms with Crippen LogP contribution in [0.15, 0.2) is 0 Å². The first-order valence-electron chi connectivity index (χ1n) is 4.69. The van der Waals surface area contributed by atoms with Crippen LogP contribution in [0, 0.1) is 5.92 Å². The quantitative estimate of drug-likeness (QED) is 0.735. The van der Waals surface area contributed by atoms with E-state index in [9.17, 15) is 4.79 Å². The molecule has 0 bridgehead atoms. The zero-order valence-corrected chi connectivity index (χ0v) is 9.46. The Morgan fingerprint density at radius 1 is 1.77 bits per heavy atom. The molecule has 0 radical (unpaired) electrons. The van der Waals surface area contributed by atoms with Gasteiger partial charge in [0.05, 0.1) is 0 Å². The first kappa shape index (κ1) is 11.2. The minimum Gasteiger partial charge on any atom is -0.356 e. The average Bonchev–Trinajstić information content (AvgIpc) is 2.55. The summed E-state index contributed by atoms with van der Waals surface area (Å²) >= 11 is 7.63. The van der Waals surface area contributed by atoms with Gasteiger partial charge in [0.25, 0.3) is 0 Å². The molecule has 0 spiro atoms. The largest absolute Gasteiger partial charge is 0.356 e. The molecule has 13 heavy (non-hydrogen) atoms. The molecule has 1 amide bonds. The Balaban J connectivity index is 2.10. The van der Waals surface area contributed by atoms with Crippen LogP contribution in [-0.4, -0.2) is 29.3 Å². The summed E-state index contributed by atoms with van der Waals surface area (Å²) in [4.78, 5) is 11.5. The van der Waals surface area contributed by atoms with E-state index in [0.717, 1.165) is 24.3 Å². The van der Waals surface area contributed by atoms with Crippen molar-refractivity contribution in [3.63, 3.8) is 0 Å². The molecule has 4 heteroatoms. The van der Waals surface area contributed by atoms with Crippen LogP contribution in [0.5, 0.6) is 0 Å². The van der Waals surface area contributed by atoms with Crippen LogP contribution in [0.4, 0.5) is 0 Å². The lowest BCUT2D eigenvalue weighted by molar-refractivity contribution is -0.124. The maximum Gasteiger partial charge on any atom is 0.223 e. The zero-order chi connectivity index (χ0) is 9.68. The number of hydrogen-bond acceptors (Lipinski definition) is 2. The lowest BCUT2D eigenvalue weighted by Gasteiger charge is -2.09. The predicted octanol–water partition coefficient (Wildman–Crippen LogP) is 1.87. The second-order valence-corrected chi connectivity index (χ2v) is 5.32. The highest BCUT2D eigenvalue weighted by molar-refractivity contribution is 7.99. The summed E-state index contributed by atoms with van der Waals surface area (Å²) < 4.78 is 0. The van der Waals surface area contributed by atoms with Gasteiger partial charge in [0.15, 0.2) is 0 Å². The zero-order valence-electron chi connectivity index (χ0n) is 7.88. The van der Waals surface area contributed by atoms with Crippen molar-refractivity contribution in [1.29, 1.82) is 0 Å². The highest BCUT2D eigenvalue weighted by Gasteiger charge is 2.22. The monoisotopic (exact) mass is 221 g/mol. The number of halogens is 1. The van der Waals surface area contributed by atoms with Crippen molar-refractivity contribution in [3.8, 4) is 0 Å². The highest BCUT2D eigenvalue weighted by Crippen LogP contribution is 2.23. The van der Waals surface area contributed by atoms with Gasteiger partial charge in [-0.25, -0.2) is 0 Å². The first-order chi connectivity index (χ1) is 6.20. The van der Waals surface area contributed by atoms with E-state index in [1.807, 2.05) is 18.7 Å². The number of carbonyl (C=O) groups is 1. The van der Waals surface area contributed by atoms with Gasteiger partial charge in [-0.2, -0.15) is 11.8 Å². The number of nitrogens with one attached hydrogen (secondary N) is 1. The minimum absolute atomic E-state index is 0.151. The predicted molar refractivity (Wildman–Crippen MR) is 58.4 cm³/mol. The van der Waals surface area contributed by atoms with Crippen LogP contribution in [0.1, 0.15) is 19.8 Å². The van der Waals surface area contributed by atoms with Crippen LogP contribution >= 0.6 is 23.4 Å². The van der Waals surface area contributed by atoms with Crippen molar-refractivity contribution in [3.05, 3.63) is 0 Å². The molecule has 1 fully saturated rings. The number of carbonyl (C=O) groups excluding carboxylic acids is 1. The first-order valence-corrected chi connectivity index (χ1v) is 6.29. The summed E-state index contributed by atoms with van der Waals surface area (Å²) in [5.74, 6) is 2.57. The molecule has 1 aliphatic rings. The number of amides is 1. The lowest BCUT2D eigenvalue weighted by Crippen LogP contribution is -2.32. The molecule has 1 rings (SSSR count). The summed E-state index contributed by atoms with van der Waals surface area (Å²) in [6.45, 7) is 2.66. The Labute approximate surface area is 88.8 Å². The highest BCUT2D eigenvalue weighted by atomic mass is 35.5. The Kier molecular flexibility index (Phi) is 4.96. The van der Waals surface area contributed by atoms with E-state index in [1.165, 1.54) is 0 Å². The van der Waals surface area contributed by atoms with Crippen LogP contribution in [-0.2, 0) is 4.79 Å². The van der Waals surface area contributed by atoms with Crippen LogP contribution < -0.4 is 5.32 Å². The van der Waals surface area contributed by atoms with Gasteiger partial charge in [-0.1, -0.05) is 0 Å². The van der Waals surface area contributed by atoms with Gasteiger partial charge < -0.3 is 5.32 Å². The Morgan fingerprint density at radius 3 is 3.08 bits per heavy atom. The van der Waals surface area contributed by atoms with Crippen molar-refractivity contribution in [2.24, 2.45) is 5.92 Å². The van der Waals surface area contributed by atoms with Gasteiger partial charge in [0, 0.05) is 23.6 Å². The molecule has 1 N–H and O–H groups in total. The van der Waals surface area contributed by atoms with Gasteiger partial charge >= 0.3 is 0 Å². The molecule has 1 aliphatic heterocycles. The van der Waals surface area contributed by atoms with Crippen molar-refractivity contribution in [2.45, 2.75) is 25.1 Å². The fourth-order valence-corrected chi connectivity index (χ4v) is 2.61. The van der Waals surface area contributed by atoms with Crippen molar-refractivity contribution in [2.75, 3.05) is 18.1 Å². The molecule has 2 atom stereocenters. The van der Waals surface area contributed by atoms with E-state index in [0.29, 0.717) is 6.54 Å². The SMILES string of the molecule is CC(Cl)CCNC(=O)C1CCSC1. The standard InChI is InChI=1S/C9H16ClNOS/c1-7(10)2-4-11-9(12)8-3-5-13-6-8/h7-8H,2-6H2,1H3,(H,11,12). The molecular formula is C9H16ClNOS. The molecule has 2 nitrogen and oxygen atoms in total. The molecule has 1 saturated heterocycles. The topological polar surface area (TPSA) is 29.1 Å². The molecule has 76 valence electrons. The van der Waals surface area contributed by atoms with E-state index >= 15 is 0 Å². The molecule has 2 unspecified atom stereocenters. The molecule has 0 aromatic heterocycles. The third-order valence-electron chi connectivity index (χ3n) is 2.14. The van der Waals surface area contributed by atoms with Crippen LogP contribution in [0.25, 0.3) is 0 Å². The van der Waals surface area contributed by atoms with Crippen molar-refractivity contribution >= 4 is 29.3 Å². The Bertz CT molecular complexity index is 169. The number of alkyl halides is 1. The minimum atomic E-state index is 0.151. The summed E-state index contributed by atoms with van der Waals surface area (Å²) in [6, 6.07) is 0. The van der Waals surface area contributed by atoms with Gasteiger partial charge in [-0.05, 0) is 25.5 Å². The van der Waals surface area contributed by atoms with Crippen LogP contribution in [0.3, 0.4) is 0 Å². The molecule has 0 aromatic rings. The maximum absolute atomic E-state index is 11.5. The van der Waals surface area contributed by atoms with Crippen molar-refractivity contribution < 1.29 is 4.79 Å². The number of hydrogen-bond donors (Lipinski definition) is 1. The van der Waals surface area contributed by atoms with Gasteiger partial charge in [-0.15, -0.1) is 11.6 Å². The molecule has 1 heterocycles. The molecular weight excluding hydrogens is 206 g/mol. The third-order valence-corrected chi connectivity index (χ3v) is 3.52. The summed E-state index contributed by atoms with van der Waals surface area (Å²) in [7, 11) is 0. The van der Waals surface area contributed by atoms with E-state index in [1.54, 1.807) is 0 Å². The Morgan fingerprint density at radius 2 is 2.54 bits per heavy atom. The third kappa shape index (κ3) is 4.23. The number of rotatable bonds is 4. The Hall–Kier alpha value is 0.110. The second-order valence-electron chi connectivity index (χ2n) is 3.42. The molecule has 0 saturated carbocycles. The van der Waals surface area contributed by atoms with Gasteiger partial charge in [0.1, 0.15) is 0 Å². The second kappa shape index (κ2) is 5.76. The fourth-order valence-electron chi connectivity index (χ4n) is 1.28. The summed E-state index contributed by atoms with van der Waals surface area (Å²) in [6.07, 6.45) is 1.89. The molecule has 0 aromatic carbocycles. The normalized spacial score (nSPS) is 24.3. The van der Waals surface area contributed by atoms with E-state index in [2.05, 4.69) is 5.32 Å². The van der Waals surface area contributed by atoms with E-state index < -0.39 is 0 Å². The maximum atomic E-state index is 11.5. The summed E-state index contributed by atoms with van der Waals surface area (Å²) in [5, 5.41) is 3.07. The average molecular weight is 222 g/mol.